The summed E-state index contributed by atoms with van der Waals surface area (Å²) < 4.78 is 5.77. The Kier molecular flexibility index (Phi) is 6.03. The van der Waals surface area contributed by atoms with Gasteiger partial charge in [0.25, 0.3) is 0 Å². The van der Waals surface area contributed by atoms with E-state index in [2.05, 4.69) is 34.6 Å². The average molecular weight is 459 g/mol. The van der Waals surface area contributed by atoms with E-state index in [-0.39, 0.29) is 17.5 Å². The quantitative estimate of drug-likeness (QED) is 0.470. The predicted octanol–water partition coefficient (Wildman–Crippen LogP) is 6.87. The molecule has 5 rings (SSSR count). The Morgan fingerprint density at radius 1 is 0.939 bits per heavy atom. The number of rotatable bonds is 3. The highest BCUT2D eigenvalue weighted by atomic mass is 16.5. The molecule has 3 heteroatoms. The number of ether oxygens (including phenoxy) is 1. The van der Waals surface area contributed by atoms with Crippen LogP contribution in [0.4, 0.5) is 0 Å². The molecular weight excluding hydrogens is 408 g/mol. The molecule has 0 saturated heterocycles. The van der Waals surface area contributed by atoms with Crippen molar-refractivity contribution in [2.75, 3.05) is 6.61 Å². The van der Waals surface area contributed by atoms with Crippen molar-refractivity contribution in [2.45, 2.75) is 112 Å². The normalized spacial score (nSPS) is 53.6. The summed E-state index contributed by atoms with van der Waals surface area (Å²) in [6.45, 7) is 14.7. The topological polar surface area (TPSA) is 46.5 Å². The van der Waals surface area contributed by atoms with Gasteiger partial charge in [-0.15, -0.1) is 0 Å². The standard InChI is InChI=1S/C30H50O3/c1-18(2)21-9-15-30(17-33-20(4)31)16-11-24-22(27(21)30)7-8-26-28(5)14-12-25(32)19(3)23(28)10-13-29(24,26)6/h18-19,21-27,32H,7-17H2,1-6H3/t19-,21+,22+,23-,24-,25-,26+,27-,28+,29+,30+/m1/s1. The number of fused-ring (bicyclic) bond motifs is 7. The fraction of sp³-hybridized carbons (Fsp3) is 0.967. The van der Waals surface area contributed by atoms with E-state index in [0.29, 0.717) is 35.2 Å². The zero-order valence-corrected chi connectivity index (χ0v) is 22.2. The average Bonchev–Trinajstić information content (AvgIpc) is 3.16. The van der Waals surface area contributed by atoms with Gasteiger partial charge in [-0.25, -0.2) is 0 Å². The zero-order valence-electron chi connectivity index (χ0n) is 22.2. The monoisotopic (exact) mass is 458 g/mol. The van der Waals surface area contributed by atoms with E-state index in [0.717, 1.165) is 36.0 Å². The number of hydrogen-bond acceptors (Lipinski definition) is 3. The van der Waals surface area contributed by atoms with Crippen molar-refractivity contribution in [1.82, 2.24) is 0 Å². The van der Waals surface area contributed by atoms with Crippen molar-refractivity contribution in [3.05, 3.63) is 0 Å². The van der Waals surface area contributed by atoms with E-state index in [1.807, 2.05) is 0 Å². The summed E-state index contributed by atoms with van der Waals surface area (Å²) >= 11 is 0. The van der Waals surface area contributed by atoms with Crippen molar-refractivity contribution >= 4 is 5.97 Å². The third kappa shape index (κ3) is 3.48. The van der Waals surface area contributed by atoms with Crippen LogP contribution in [0.2, 0.25) is 0 Å². The second-order valence-electron chi connectivity index (χ2n) is 14.2. The molecule has 5 aliphatic carbocycles. The minimum Gasteiger partial charge on any atom is -0.465 e. The number of carbonyl (C=O) groups excluding carboxylic acids is 1. The Bertz CT molecular complexity index is 762. The maximum Gasteiger partial charge on any atom is 0.302 e. The predicted molar refractivity (Wildman–Crippen MR) is 132 cm³/mol. The largest absolute Gasteiger partial charge is 0.465 e. The SMILES string of the molecule is CC(=O)OC[C@]12CC[C@@H]3[C@H](CC[C@H]4[C@@]5(C)CC[C@@H](O)[C@H](C)[C@H]5CC[C@]43C)[C@H]1[C@H](C(C)C)CC2. The lowest BCUT2D eigenvalue weighted by atomic mass is 9.37. The van der Waals surface area contributed by atoms with E-state index >= 15 is 0 Å². The highest BCUT2D eigenvalue weighted by Gasteiger charge is 2.66. The number of esters is 1. The third-order valence-corrected chi connectivity index (χ3v) is 12.8. The molecule has 0 aromatic carbocycles. The molecule has 0 spiro atoms. The van der Waals surface area contributed by atoms with Gasteiger partial charge in [-0.2, -0.15) is 0 Å². The summed E-state index contributed by atoms with van der Waals surface area (Å²) in [7, 11) is 0. The van der Waals surface area contributed by atoms with Crippen LogP contribution in [0.15, 0.2) is 0 Å². The molecule has 0 amide bonds. The molecule has 33 heavy (non-hydrogen) atoms. The lowest BCUT2D eigenvalue weighted by molar-refractivity contribution is -0.202. The summed E-state index contributed by atoms with van der Waals surface area (Å²) in [5, 5.41) is 10.6. The molecule has 0 aromatic heterocycles. The Balaban J connectivity index is 1.46. The van der Waals surface area contributed by atoms with Gasteiger partial charge in [0.05, 0.1) is 12.7 Å². The van der Waals surface area contributed by atoms with Crippen LogP contribution in [0.5, 0.6) is 0 Å². The highest BCUT2D eigenvalue weighted by Crippen LogP contribution is 2.72. The summed E-state index contributed by atoms with van der Waals surface area (Å²) in [4.78, 5) is 11.8. The lowest BCUT2D eigenvalue weighted by Crippen LogP contribution is -2.61. The second-order valence-corrected chi connectivity index (χ2v) is 14.2. The Hall–Kier alpha value is -0.570. The van der Waals surface area contributed by atoms with Gasteiger partial charge in [-0.3, -0.25) is 4.79 Å². The maximum absolute atomic E-state index is 11.8. The Morgan fingerprint density at radius 2 is 1.58 bits per heavy atom. The molecule has 0 bridgehead atoms. The molecule has 5 saturated carbocycles. The molecule has 11 atom stereocenters. The molecule has 1 N–H and O–H groups in total. The van der Waals surface area contributed by atoms with Gasteiger partial charge in [0, 0.05) is 12.3 Å². The summed E-state index contributed by atoms with van der Waals surface area (Å²) in [5.74, 6) is 5.70. The second kappa shape index (κ2) is 8.24. The van der Waals surface area contributed by atoms with Crippen LogP contribution >= 0.6 is 0 Å². The first-order valence-electron chi connectivity index (χ1n) is 14.3. The summed E-state index contributed by atoms with van der Waals surface area (Å²) in [6, 6.07) is 0. The van der Waals surface area contributed by atoms with Crippen LogP contribution in [0.1, 0.15) is 106 Å². The number of aliphatic hydroxyl groups excluding tert-OH is 1. The molecule has 0 unspecified atom stereocenters. The Morgan fingerprint density at radius 3 is 2.27 bits per heavy atom. The molecular formula is C30H50O3. The minimum atomic E-state index is -0.103. The van der Waals surface area contributed by atoms with E-state index in [1.165, 1.54) is 57.8 Å². The smallest absolute Gasteiger partial charge is 0.302 e. The van der Waals surface area contributed by atoms with Crippen LogP contribution in [0.3, 0.4) is 0 Å². The first-order chi connectivity index (χ1) is 15.5. The van der Waals surface area contributed by atoms with Crippen molar-refractivity contribution in [3.63, 3.8) is 0 Å². The van der Waals surface area contributed by atoms with Crippen LogP contribution in [-0.2, 0) is 9.53 Å². The zero-order chi connectivity index (χ0) is 23.8. The summed E-state index contributed by atoms with van der Waals surface area (Å²) in [5.41, 5.74) is 1.07. The van der Waals surface area contributed by atoms with Crippen LogP contribution < -0.4 is 0 Å². The lowest BCUT2D eigenvalue weighted by Gasteiger charge is -2.68. The first-order valence-corrected chi connectivity index (χ1v) is 14.3. The van der Waals surface area contributed by atoms with E-state index < -0.39 is 0 Å². The summed E-state index contributed by atoms with van der Waals surface area (Å²) in [6.07, 6.45) is 12.7. The molecule has 5 aliphatic rings. The van der Waals surface area contributed by atoms with Gasteiger partial charge in [0.1, 0.15) is 0 Å². The number of carbonyl (C=O) groups is 1. The highest BCUT2D eigenvalue weighted by molar-refractivity contribution is 5.65. The van der Waals surface area contributed by atoms with Gasteiger partial charge in [0.2, 0.25) is 0 Å². The molecule has 0 heterocycles. The van der Waals surface area contributed by atoms with Crippen molar-refractivity contribution in [3.8, 4) is 0 Å². The van der Waals surface area contributed by atoms with Gasteiger partial charge in [0.15, 0.2) is 0 Å². The van der Waals surface area contributed by atoms with Crippen LogP contribution in [0.25, 0.3) is 0 Å². The van der Waals surface area contributed by atoms with Gasteiger partial charge < -0.3 is 9.84 Å². The molecule has 188 valence electrons. The van der Waals surface area contributed by atoms with Crippen molar-refractivity contribution in [1.29, 1.82) is 0 Å². The van der Waals surface area contributed by atoms with Gasteiger partial charge in [-0.05, 0) is 122 Å². The van der Waals surface area contributed by atoms with Gasteiger partial charge >= 0.3 is 5.97 Å². The molecule has 0 radical (unpaired) electrons. The Labute approximate surface area is 202 Å². The number of hydrogen-bond donors (Lipinski definition) is 1. The minimum absolute atomic E-state index is 0.0920. The van der Waals surface area contributed by atoms with E-state index in [9.17, 15) is 9.90 Å². The fourth-order valence-electron chi connectivity index (χ4n) is 11.3. The fourth-order valence-corrected chi connectivity index (χ4v) is 11.3. The first kappa shape index (κ1) is 24.1. The maximum atomic E-state index is 11.8. The van der Waals surface area contributed by atoms with E-state index in [4.69, 9.17) is 4.74 Å². The molecule has 0 aliphatic heterocycles. The number of aliphatic hydroxyl groups is 1. The van der Waals surface area contributed by atoms with E-state index in [1.54, 1.807) is 6.92 Å². The van der Waals surface area contributed by atoms with Gasteiger partial charge in [-0.1, -0.05) is 34.6 Å². The van der Waals surface area contributed by atoms with Crippen molar-refractivity contribution in [2.24, 2.45) is 63.6 Å². The molecule has 3 nitrogen and oxygen atoms in total. The van der Waals surface area contributed by atoms with Crippen LogP contribution in [-0.4, -0.2) is 23.8 Å². The molecule has 0 aromatic rings. The molecule has 5 fully saturated rings. The van der Waals surface area contributed by atoms with Crippen LogP contribution in [0, 0.1) is 63.6 Å². The van der Waals surface area contributed by atoms with Crippen molar-refractivity contribution < 1.29 is 14.6 Å². The third-order valence-electron chi connectivity index (χ3n) is 12.8.